The Bertz CT molecular complexity index is 648. The van der Waals surface area contributed by atoms with E-state index in [0.717, 1.165) is 18.4 Å². The summed E-state index contributed by atoms with van der Waals surface area (Å²) in [4.78, 5) is 11.7. The van der Waals surface area contributed by atoms with E-state index in [4.69, 9.17) is 14.5 Å². The summed E-state index contributed by atoms with van der Waals surface area (Å²) >= 11 is 0. The van der Waals surface area contributed by atoms with Crippen LogP contribution in [-0.2, 0) is 6.18 Å². The number of fused-ring (bicyclic) bond motifs is 1. The second-order valence-corrected chi connectivity index (χ2v) is 3.60. The highest BCUT2D eigenvalue weighted by Crippen LogP contribution is 2.30. The molecule has 4 nitrogen and oxygen atoms in total. The second kappa shape index (κ2) is 4.15. The first kappa shape index (κ1) is 12.7. The molecule has 0 radical (unpaired) electrons. The van der Waals surface area contributed by atoms with Crippen LogP contribution in [0.5, 0.6) is 0 Å². The minimum atomic E-state index is -4.59. The number of hydrogen-bond donors (Lipinski definition) is 2. The van der Waals surface area contributed by atoms with Gasteiger partial charge in [0.25, 0.3) is 0 Å². The Morgan fingerprint density at radius 3 is 2.44 bits per heavy atom. The summed E-state index contributed by atoms with van der Waals surface area (Å²) < 4.78 is 42.3. The van der Waals surface area contributed by atoms with Crippen molar-refractivity contribution in [1.82, 2.24) is 0 Å². The minimum absolute atomic E-state index is 0.0580. The van der Waals surface area contributed by atoms with Gasteiger partial charge in [0, 0.05) is 0 Å². The van der Waals surface area contributed by atoms with Crippen molar-refractivity contribution < 1.29 is 27.6 Å². The summed E-state index contributed by atoms with van der Waals surface area (Å²) in [7, 11) is -2.10. The molecule has 0 unspecified atom stereocenters. The van der Waals surface area contributed by atoms with Crippen LogP contribution in [0, 0.1) is 0 Å². The molecule has 2 aromatic rings. The molecular weight excluding hydrogens is 252 g/mol. The summed E-state index contributed by atoms with van der Waals surface area (Å²) in [5.74, 6) is 0. The van der Waals surface area contributed by atoms with E-state index in [-0.39, 0.29) is 11.0 Å². The van der Waals surface area contributed by atoms with Gasteiger partial charge in [-0.05, 0) is 18.2 Å². The molecule has 2 N–H and O–H groups in total. The van der Waals surface area contributed by atoms with Crippen LogP contribution in [0.15, 0.2) is 33.7 Å². The molecule has 1 aromatic carbocycles. The molecule has 18 heavy (non-hydrogen) atoms. The van der Waals surface area contributed by atoms with Gasteiger partial charge in [-0.1, -0.05) is 0 Å². The number of hydrogen-bond acceptors (Lipinski definition) is 4. The lowest BCUT2D eigenvalue weighted by atomic mass is 9.81. The first-order chi connectivity index (χ1) is 8.30. The average molecular weight is 258 g/mol. The van der Waals surface area contributed by atoms with Crippen LogP contribution in [0.1, 0.15) is 5.56 Å². The fraction of sp³-hybridized carbons (Fsp3) is 0.100. The lowest BCUT2D eigenvalue weighted by molar-refractivity contribution is -0.137. The molecule has 8 heteroatoms. The van der Waals surface area contributed by atoms with E-state index < -0.39 is 29.7 Å². The summed E-state index contributed by atoms with van der Waals surface area (Å²) in [6.07, 6.45) is -3.78. The van der Waals surface area contributed by atoms with Gasteiger partial charge in [-0.15, -0.1) is 0 Å². The molecule has 0 atom stereocenters. The normalized spacial score (nSPS) is 11.8. The SMILES string of the molecule is O=c1c(B(O)O)coc2ccc(C(F)(F)F)cc12. The third-order valence-corrected chi connectivity index (χ3v) is 2.40. The van der Waals surface area contributed by atoms with Gasteiger partial charge < -0.3 is 14.5 Å². The van der Waals surface area contributed by atoms with Crippen molar-refractivity contribution in [3.8, 4) is 0 Å². The van der Waals surface area contributed by atoms with Crippen molar-refractivity contribution >= 4 is 23.6 Å². The molecule has 1 aromatic heterocycles. The number of rotatable bonds is 1. The maximum atomic E-state index is 12.5. The molecule has 0 aliphatic carbocycles. The van der Waals surface area contributed by atoms with E-state index in [1.807, 2.05) is 0 Å². The van der Waals surface area contributed by atoms with Crippen molar-refractivity contribution in [2.24, 2.45) is 0 Å². The maximum absolute atomic E-state index is 12.5. The summed E-state index contributed by atoms with van der Waals surface area (Å²) in [6, 6.07) is 2.40. The molecule has 2 rings (SSSR count). The molecule has 0 saturated heterocycles. The Morgan fingerprint density at radius 1 is 1.22 bits per heavy atom. The molecule has 0 spiro atoms. The Kier molecular flexibility index (Phi) is 2.91. The van der Waals surface area contributed by atoms with E-state index >= 15 is 0 Å². The molecule has 0 fully saturated rings. The predicted octanol–water partition coefficient (Wildman–Crippen LogP) is 0.492. The largest absolute Gasteiger partial charge is 0.495 e. The molecule has 0 saturated carbocycles. The summed E-state index contributed by atoms with van der Waals surface area (Å²) in [5.41, 5.74) is -2.48. The van der Waals surface area contributed by atoms with E-state index in [1.54, 1.807) is 0 Å². The minimum Gasteiger partial charge on any atom is -0.464 e. The highest BCUT2D eigenvalue weighted by molar-refractivity contribution is 6.58. The first-order valence-corrected chi connectivity index (χ1v) is 4.79. The van der Waals surface area contributed by atoms with Crippen molar-refractivity contribution in [2.45, 2.75) is 6.18 Å². The Labute approximate surface area is 98.4 Å². The number of benzene rings is 1. The molecule has 1 heterocycles. The first-order valence-electron chi connectivity index (χ1n) is 4.79. The highest BCUT2D eigenvalue weighted by Gasteiger charge is 2.31. The molecule has 0 bridgehead atoms. The monoisotopic (exact) mass is 258 g/mol. The van der Waals surface area contributed by atoms with Crippen LogP contribution >= 0.6 is 0 Å². The van der Waals surface area contributed by atoms with Crippen molar-refractivity contribution in [1.29, 1.82) is 0 Å². The number of halogens is 3. The van der Waals surface area contributed by atoms with Crippen LogP contribution in [0.4, 0.5) is 13.2 Å². The third-order valence-electron chi connectivity index (χ3n) is 2.40. The van der Waals surface area contributed by atoms with Gasteiger partial charge in [0.2, 0.25) is 0 Å². The van der Waals surface area contributed by atoms with Gasteiger partial charge in [-0.2, -0.15) is 13.2 Å². The van der Waals surface area contributed by atoms with Crippen LogP contribution in [0.3, 0.4) is 0 Å². The highest BCUT2D eigenvalue weighted by atomic mass is 19.4. The van der Waals surface area contributed by atoms with E-state index in [0.29, 0.717) is 6.07 Å². The molecule has 0 amide bonds. The molecule has 94 valence electrons. The van der Waals surface area contributed by atoms with E-state index in [2.05, 4.69) is 0 Å². The van der Waals surface area contributed by atoms with Gasteiger partial charge in [-0.25, -0.2) is 0 Å². The zero-order valence-electron chi connectivity index (χ0n) is 8.73. The zero-order chi connectivity index (χ0) is 13.5. The summed E-state index contributed by atoms with van der Waals surface area (Å²) in [5, 5.41) is 17.4. The van der Waals surface area contributed by atoms with Crippen LogP contribution < -0.4 is 10.9 Å². The van der Waals surface area contributed by atoms with Crippen molar-refractivity contribution in [3.63, 3.8) is 0 Å². The lowest BCUT2D eigenvalue weighted by Crippen LogP contribution is -2.41. The van der Waals surface area contributed by atoms with Gasteiger partial charge in [-0.3, -0.25) is 4.79 Å². The van der Waals surface area contributed by atoms with Crippen molar-refractivity contribution in [3.05, 3.63) is 40.2 Å². The van der Waals surface area contributed by atoms with Gasteiger partial charge in [0.1, 0.15) is 5.58 Å². The Morgan fingerprint density at radius 2 is 1.89 bits per heavy atom. The standard InChI is InChI=1S/C10H6BF3O4/c12-10(13,14)5-1-2-8-6(3-5)9(15)7(4-18-8)11(16)17/h1-4,16-17H. The molecule has 0 aliphatic rings. The quantitative estimate of drug-likeness (QED) is 0.730. The van der Waals surface area contributed by atoms with E-state index in [1.165, 1.54) is 0 Å². The van der Waals surface area contributed by atoms with Gasteiger partial charge in [0.15, 0.2) is 5.43 Å². The second-order valence-electron chi connectivity index (χ2n) is 3.60. The smallest absolute Gasteiger partial charge is 0.464 e. The maximum Gasteiger partial charge on any atom is 0.495 e. The average Bonchev–Trinajstić information content (AvgIpc) is 2.27. The number of alkyl halides is 3. The molecular formula is C10H6BF3O4. The van der Waals surface area contributed by atoms with Crippen molar-refractivity contribution in [2.75, 3.05) is 0 Å². The predicted molar refractivity (Wildman–Crippen MR) is 57.3 cm³/mol. The fourth-order valence-corrected chi connectivity index (χ4v) is 1.50. The van der Waals surface area contributed by atoms with Gasteiger partial charge >= 0.3 is 13.3 Å². The topological polar surface area (TPSA) is 70.7 Å². The summed E-state index contributed by atoms with van der Waals surface area (Å²) in [6.45, 7) is 0. The Hall–Kier alpha value is -1.80. The Balaban J connectivity index is 2.75. The lowest BCUT2D eigenvalue weighted by Gasteiger charge is -2.07. The van der Waals surface area contributed by atoms with E-state index in [9.17, 15) is 18.0 Å². The zero-order valence-corrected chi connectivity index (χ0v) is 8.73. The third kappa shape index (κ3) is 2.12. The van der Waals surface area contributed by atoms with Crippen LogP contribution in [-0.4, -0.2) is 17.2 Å². The fourth-order valence-electron chi connectivity index (χ4n) is 1.50. The molecule has 0 aliphatic heterocycles. The van der Waals surface area contributed by atoms with Crippen LogP contribution in [0.2, 0.25) is 0 Å². The van der Waals surface area contributed by atoms with Crippen LogP contribution in [0.25, 0.3) is 11.0 Å². The van der Waals surface area contributed by atoms with Gasteiger partial charge in [0.05, 0.1) is 22.7 Å².